The molecule has 33 heavy (non-hydrogen) atoms. The van der Waals surface area contributed by atoms with Gasteiger partial charge in [0.15, 0.2) is 0 Å². The molecule has 0 bridgehead atoms. The van der Waals surface area contributed by atoms with Crippen LogP contribution in [-0.4, -0.2) is 14.3 Å². The molecule has 5 nitrogen and oxygen atoms in total. The quantitative estimate of drug-likeness (QED) is 0.365. The molecular formula is C26H23ClN2O3S. The predicted octanol–water partition coefficient (Wildman–Crippen LogP) is 5.84. The maximum Gasteiger partial charge on any atom is 0.263 e. The van der Waals surface area contributed by atoms with E-state index in [4.69, 9.17) is 11.6 Å². The van der Waals surface area contributed by atoms with Crippen LogP contribution in [0.15, 0.2) is 83.8 Å². The number of halogens is 1. The van der Waals surface area contributed by atoms with E-state index >= 15 is 0 Å². The van der Waals surface area contributed by atoms with Crippen molar-refractivity contribution in [1.82, 2.24) is 5.32 Å². The Hall–Kier alpha value is -3.35. The van der Waals surface area contributed by atoms with Gasteiger partial charge < -0.3 is 5.32 Å². The molecule has 0 fully saturated rings. The first kappa shape index (κ1) is 22.8. The first-order valence-electron chi connectivity index (χ1n) is 10.4. The minimum Gasteiger partial charge on any atom is -0.348 e. The van der Waals surface area contributed by atoms with Gasteiger partial charge in [0.25, 0.3) is 15.9 Å². The maximum atomic E-state index is 13.0. The van der Waals surface area contributed by atoms with Crippen molar-refractivity contribution in [3.05, 3.63) is 106 Å². The van der Waals surface area contributed by atoms with E-state index in [1.165, 1.54) is 18.2 Å². The van der Waals surface area contributed by atoms with Crippen LogP contribution in [0.3, 0.4) is 0 Å². The van der Waals surface area contributed by atoms with Gasteiger partial charge in [-0.2, -0.15) is 0 Å². The Kier molecular flexibility index (Phi) is 6.40. The molecule has 0 spiro atoms. The van der Waals surface area contributed by atoms with Crippen molar-refractivity contribution in [3.8, 4) is 0 Å². The van der Waals surface area contributed by atoms with E-state index in [0.29, 0.717) is 12.2 Å². The van der Waals surface area contributed by atoms with Crippen LogP contribution < -0.4 is 10.0 Å². The van der Waals surface area contributed by atoms with Crippen molar-refractivity contribution in [1.29, 1.82) is 0 Å². The summed E-state index contributed by atoms with van der Waals surface area (Å²) in [5, 5.41) is 5.09. The van der Waals surface area contributed by atoms with Gasteiger partial charge in [-0.25, -0.2) is 8.42 Å². The minimum absolute atomic E-state index is 0.0401. The standard InChI is InChI=1S/C26H23ClN2O3S/c1-17-7-12-24(18(2)13-17)29-33(31,32)25-15-22(10-11-23(25)27)26(30)28-16-19-8-9-20-5-3-4-6-21(20)14-19/h3-15,29H,16H2,1-2H3,(H,28,30). The zero-order chi connectivity index (χ0) is 23.6. The predicted molar refractivity (Wildman–Crippen MR) is 133 cm³/mol. The molecule has 4 aromatic rings. The lowest BCUT2D eigenvalue weighted by Gasteiger charge is -2.13. The largest absolute Gasteiger partial charge is 0.348 e. The van der Waals surface area contributed by atoms with E-state index in [2.05, 4.69) is 10.0 Å². The molecule has 4 aromatic carbocycles. The van der Waals surface area contributed by atoms with Crippen LogP contribution in [-0.2, 0) is 16.6 Å². The summed E-state index contributed by atoms with van der Waals surface area (Å²) in [4.78, 5) is 12.6. The zero-order valence-corrected chi connectivity index (χ0v) is 19.8. The van der Waals surface area contributed by atoms with Gasteiger partial charge >= 0.3 is 0 Å². The van der Waals surface area contributed by atoms with Crippen molar-refractivity contribution >= 4 is 44.0 Å². The summed E-state index contributed by atoms with van der Waals surface area (Å²) < 4.78 is 28.6. The van der Waals surface area contributed by atoms with Crippen molar-refractivity contribution in [2.45, 2.75) is 25.3 Å². The summed E-state index contributed by atoms with van der Waals surface area (Å²) in [7, 11) is -3.99. The molecule has 0 unspecified atom stereocenters. The average molecular weight is 479 g/mol. The summed E-state index contributed by atoms with van der Waals surface area (Å²) >= 11 is 6.19. The van der Waals surface area contributed by atoms with Crippen molar-refractivity contribution < 1.29 is 13.2 Å². The van der Waals surface area contributed by atoms with Gasteiger partial charge in [0.05, 0.1) is 10.7 Å². The van der Waals surface area contributed by atoms with Crippen LogP contribution in [0, 0.1) is 13.8 Å². The lowest BCUT2D eigenvalue weighted by molar-refractivity contribution is 0.0950. The zero-order valence-electron chi connectivity index (χ0n) is 18.2. The minimum atomic E-state index is -3.99. The number of amides is 1. The number of aryl methyl sites for hydroxylation is 2. The van der Waals surface area contributed by atoms with Gasteiger partial charge in [-0.3, -0.25) is 9.52 Å². The number of hydrogen-bond donors (Lipinski definition) is 2. The van der Waals surface area contributed by atoms with Crippen LogP contribution in [0.2, 0.25) is 5.02 Å². The molecule has 0 radical (unpaired) electrons. The van der Waals surface area contributed by atoms with Crippen LogP contribution in [0.1, 0.15) is 27.0 Å². The third-order valence-corrected chi connectivity index (χ3v) is 7.22. The number of anilines is 1. The Morgan fingerprint density at radius 2 is 1.64 bits per heavy atom. The number of nitrogens with one attached hydrogen (secondary N) is 2. The Morgan fingerprint density at radius 1 is 0.879 bits per heavy atom. The number of sulfonamides is 1. The van der Waals surface area contributed by atoms with Gasteiger partial charge in [-0.05, 0) is 66.1 Å². The molecule has 0 atom stereocenters. The highest BCUT2D eigenvalue weighted by molar-refractivity contribution is 7.92. The molecule has 168 valence electrons. The van der Waals surface area contributed by atoms with Crippen LogP contribution in [0.25, 0.3) is 10.8 Å². The monoisotopic (exact) mass is 478 g/mol. The summed E-state index contributed by atoms with van der Waals surface area (Å²) in [5.41, 5.74) is 3.43. The number of rotatable bonds is 6. The average Bonchev–Trinajstić information content (AvgIpc) is 2.79. The highest BCUT2D eigenvalue weighted by Crippen LogP contribution is 2.27. The molecule has 0 heterocycles. The number of fused-ring (bicyclic) bond motifs is 1. The Balaban J connectivity index is 1.53. The second kappa shape index (κ2) is 9.25. The molecule has 7 heteroatoms. The van der Waals surface area contributed by atoms with E-state index in [1.54, 1.807) is 6.07 Å². The highest BCUT2D eigenvalue weighted by atomic mass is 35.5. The van der Waals surface area contributed by atoms with Gasteiger partial charge in [0.2, 0.25) is 0 Å². The number of benzene rings is 4. The Morgan fingerprint density at radius 3 is 2.39 bits per heavy atom. The van der Waals surface area contributed by atoms with Crippen molar-refractivity contribution in [2.75, 3.05) is 4.72 Å². The molecular weight excluding hydrogens is 456 g/mol. The van der Waals surface area contributed by atoms with Crippen molar-refractivity contribution in [3.63, 3.8) is 0 Å². The fraction of sp³-hybridized carbons (Fsp3) is 0.115. The van der Waals surface area contributed by atoms with E-state index in [-0.39, 0.29) is 21.4 Å². The summed E-state index contributed by atoms with van der Waals surface area (Å²) in [6, 6.07) is 23.6. The number of carbonyl (C=O) groups excluding carboxylic acids is 1. The topological polar surface area (TPSA) is 75.3 Å². The van der Waals surface area contributed by atoms with Gasteiger partial charge in [-0.15, -0.1) is 0 Å². The number of hydrogen-bond acceptors (Lipinski definition) is 3. The normalized spacial score (nSPS) is 11.4. The van der Waals surface area contributed by atoms with Crippen LogP contribution in [0.4, 0.5) is 5.69 Å². The van der Waals surface area contributed by atoms with E-state index in [0.717, 1.165) is 27.5 Å². The van der Waals surface area contributed by atoms with Gasteiger partial charge in [0.1, 0.15) is 4.90 Å². The molecule has 2 N–H and O–H groups in total. The second-order valence-electron chi connectivity index (χ2n) is 7.93. The summed E-state index contributed by atoms with van der Waals surface area (Å²) in [6.07, 6.45) is 0. The summed E-state index contributed by atoms with van der Waals surface area (Å²) in [6.45, 7) is 4.07. The fourth-order valence-electron chi connectivity index (χ4n) is 3.61. The molecule has 1 amide bonds. The Labute approximate surface area is 198 Å². The molecule has 4 rings (SSSR count). The first-order chi connectivity index (χ1) is 15.7. The number of carbonyl (C=O) groups is 1. The lowest BCUT2D eigenvalue weighted by Crippen LogP contribution is -2.23. The molecule has 0 aliphatic carbocycles. The molecule has 0 aliphatic heterocycles. The van der Waals surface area contributed by atoms with Gasteiger partial charge in [0, 0.05) is 12.1 Å². The van der Waals surface area contributed by atoms with Gasteiger partial charge in [-0.1, -0.05) is 65.7 Å². The molecule has 0 aliphatic rings. The molecule has 0 saturated carbocycles. The molecule has 0 aromatic heterocycles. The smallest absolute Gasteiger partial charge is 0.263 e. The fourth-order valence-corrected chi connectivity index (χ4v) is 5.27. The first-order valence-corrected chi connectivity index (χ1v) is 12.2. The maximum absolute atomic E-state index is 13.0. The van der Waals surface area contributed by atoms with Crippen LogP contribution in [0.5, 0.6) is 0 Å². The molecule has 0 saturated heterocycles. The lowest BCUT2D eigenvalue weighted by atomic mass is 10.1. The Bertz CT molecular complexity index is 1470. The highest BCUT2D eigenvalue weighted by Gasteiger charge is 2.21. The third kappa shape index (κ3) is 5.18. The summed E-state index contributed by atoms with van der Waals surface area (Å²) in [5.74, 6) is -0.386. The van der Waals surface area contributed by atoms with E-state index in [9.17, 15) is 13.2 Å². The second-order valence-corrected chi connectivity index (χ2v) is 9.99. The van der Waals surface area contributed by atoms with Crippen molar-refractivity contribution in [2.24, 2.45) is 0 Å². The third-order valence-electron chi connectivity index (χ3n) is 5.38. The van der Waals surface area contributed by atoms with Crippen LogP contribution >= 0.6 is 11.6 Å². The SMILES string of the molecule is Cc1ccc(NS(=O)(=O)c2cc(C(=O)NCc3ccc4ccccc4c3)ccc2Cl)c(C)c1. The van der Waals surface area contributed by atoms with E-state index in [1.807, 2.05) is 68.4 Å². The van der Waals surface area contributed by atoms with E-state index < -0.39 is 10.0 Å².